The largest absolute Gasteiger partial charge is 0.497 e. The highest BCUT2D eigenvalue weighted by atomic mass is 35.5. The predicted molar refractivity (Wildman–Crippen MR) is 133 cm³/mol. The fraction of sp³-hybridized carbons (Fsp3) is 0.346. The normalized spacial score (nSPS) is 15.6. The van der Waals surface area contributed by atoms with Crippen LogP contribution in [0.3, 0.4) is 0 Å². The van der Waals surface area contributed by atoms with E-state index in [0.29, 0.717) is 29.7 Å². The van der Waals surface area contributed by atoms with Gasteiger partial charge in [-0.15, -0.1) is 0 Å². The third-order valence-electron chi connectivity index (χ3n) is 6.24. The van der Waals surface area contributed by atoms with Gasteiger partial charge in [0.05, 0.1) is 12.1 Å². The molecular weight excluding hydrogens is 489 g/mol. The molecule has 0 unspecified atom stereocenters. The lowest BCUT2D eigenvalue weighted by molar-refractivity contribution is -0.145. The fourth-order valence-electron chi connectivity index (χ4n) is 4.38. The Morgan fingerprint density at radius 3 is 2.75 bits per heavy atom. The van der Waals surface area contributed by atoms with Crippen molar-refractivity contribution in [1.82, 2.24) is 14.8 Å². The number of ketones is 1. The van der Waals surface area contributed by atoms with E-state index in [-0.39, 0.29) is 35.4 Å². The standard InChI is InChI=1S/C26H27ClFN3O5/c1-16(32)20-14-30(22-10-9-18(35-2)12-19(20)22)15-23(33)31-11-4-3-8-24(31)36-26(34)29-13-17-6-5-7-21(27)25(17)28/h5-7,9-10,12,14,24H,3-4,8,11,13,15H2,1-2H3,(H,29,34)/t24-/m0/s1. The summed E-state index contributed by atoms with van der Waals surface area (Å²) in [5.74, 6) is -0.347. The van der Waals surface area contributed by atoms with Crippen molar-refractivity contribution in [2.24, 2.45) is 0 Å². The van der Waals surface area contributed by atoms with Gasteiger partial charge in [0.2, 0.25) is 5.91 Å². The molecule has 0 bridgehead atoms. The van der Waals surface area contributed by atoms with E-state index in [0.717, 1.165) is 18.4 Å². The maximum Gasteiger partial charge on any atom is 0.409 e. The third-order valence-corrected chi connectivity index (χ3v) is 6.53. The second-order valence-corrected chi connectivity index (χ2v) is 9.03. The van der Waals surface area contributed by atoms with E-state index in [2.05, 4.69) is 5.32 Å². The molecule has 8 nitrogen and oxygen atoms in total. The summed E-state index contributed by atoms with van der Waals surface area (Å²) in [6.07, 6.45) is 2.24. The Morgan fingerprint density at radius 2 is 2.00 bits per heavy atom. The van der Waals surface area contributed by atoms with Crippen molar-refractivity contribution < 1.29 is 28.2 Å². The number of carbonyl (C=O) groups excluding carboxylic acids is 3. The second kappa shape index (κ2) is 11.0. The highest BCUT2D eigenvalue weighted by Crippen LogP contribution is 2.27. The average Bonchev–Trinajstić information content (AvgIpc) is 3.23. The number of nitrogens with one attached hydrogen (secondary N) is 1. The quantitative estimate of drug-likeness (QED) is 0.452. The summed E-state index contributed by atoms with van der Waals surface area (Å²) in [7, 11) is 1.55. The average molecular weight is 516 g/mol. The highest BCUT2D eigenvalue weighted by molar-refractivity contribution is 6.30. The number of carbonyl (C=O) groups is 3. The topological polar surface area (TPSA) is 89.9 Å². The van der Waals surface area contributed by atoms with Crippen LogP contribution in [0.5, 0.6) is 5.75 Å². The SMILES string of the molecule is COc1ccc2c(c1)c(C(C)=O)cn2CC(=O)N1CCCC[C@@H]1OC(=O)NCc1cccc(Cl)c1F. The molecule has 1 aromatic heterocycles. The first-order chi connectivity index (χ1) is 17.3. The number of nitrogens with zero attached hydrogens (tertiary/aromatic N) is 2. The lowest BCUT2D eigenvalue weighted by Crippen LogP contribution is -2.48. The van der Waals surface area contributed by atoms with Gasteiger partial charge in [0.1, 0.15) is 18.1 Å². The van der Waals surface area contributed by atoms with Gasteiger partial charge < -0.3 is 24.3 Å². The Labute approximate surface area is 212 Å². The number of alkyl carbamates (subject to hydrolysis) is 1. The molecular formula is C26H27ClFN3O5. The third kappa shape index (κ3) is 5.46. The smallest absolute Gasteiger partial charge is 0.409 e. The van der Waals surface area contributed by atoms with Crippen molar-refractivity contribution in [2.45, 2.75) is 45.5 Å². The van der Waals surface area contributed by atoms with Gasteiger partial charge in [-0.2, -0.15) is 0 Å². The zero-order valence-corrected chi connectivity index (χ0v) is 20.8. The number of halogens is 2. The number of aromatic nitrogens is 1. The molecule has 0 aliphatic carbocycles. The zero-order chi connectivity index (χ0) is 25.8. The Hall–Kier alpha value is -3.59. The molecule has 1 N–H and O–H groups in total. The number of piperidine rings is 1. The Balaban J connectivity index is 1.46. The van der Waals surface area contributed by atoms with E-state index in [1.54, 1.807) is 42.1 Å². The van der Waals surface area contributed by atoms with Crippen LogP contribution in [0.15, 0.2) is 42.6 Å². The van der Waals surface area contributed by atoms with E-state index in [9.17, 15) is 18.8 Å². The number of likely N-dealkylation sites (tertiary alicyclic amines) is 1. The molecule has 2 heterocycles. The molecule has 1 fully saturated rings. The Bertz CT molecular complexity index is 1310. The highest BCUT2D eigenvalue weighted by Gasteiger charge is 2.30. The summed E-state index contributed by atoms with van der Waals surface area (Å²) < 4.78 is 26.6. The lowest BCUT2D eigenvalue weighted by Gasteiger charge is -2.35. The van der Waals surface area contributed by atoms with Crippen molar-refractivity contribution in [3.8, 4) is 5.75 Å². The van der Waals surface area contributed by atoms with Crippen LogP contribution in [0.1, 0.15) is 42.1 Å². The minimum atomic E-state index is -0.753. The van der Waals surface area contributed by atoms with Gasteiger partial charge >= 0.3 is 6.09 Å². The minimum absolute atomic E-state index is 0.0225. The molecule has 1 saturated heterocycles. The summed E-state index contributed by atoms with van der Waals surface area (Å²) in [5.41, 5.74) is 1.45. The van der Waals surface area contributed by atoms with Crippen LogP contribution in [0, 0.1) is 5.82 Å². The molecule has 1 aliphatic rings. The van der Waals surface area contributed by atoms with Crippen molar-refractivity contribution in [3.05, 3.63) is 64.6 Å². The number of Topliss-reactive ketones (excluding diaryl/α,β-unsaturated/α-hetero) is 1. The van der Waals surface area contributed by atoms with Crippen molar-refractivity contribution in [2.75, 3.05) is 13.7 Å². The number of amides is 2. The maximum absolute atomic E-state index is 14.1. The van der Waals surface area contributed by atoms with Crippen LogP contribution in [0.4, 0.5) is 9.18 Å². The molecule has 2 amide bonds. The van der Waals surface area contributed by atoms with Crippen LogP contribution in [-0.2, 0) is 22.6 Å². The number of ether oxygens (including phenoxy) is 2. The van der Waals surface area contributed by atoms with E-state index in [4.69, 9.17) is 21.1 Å². The van der Waals surface area contributed by atoms with Gasteiger partial charge in [-0.05, 0) is 44.0 Å². The molecule has 1 atom stereocenters. The monoisotopic (exact) mass is 515 g/mol. The number of hydrogen-bond donors (Lipinski definition) is 1. The van der Waals surface area contributed by atoms with Gasteiger partial charge in [-0.25, -0.2) is 9.18 Å². The van der Waals surface area contributed by atoms with Gasteiger partial charge in [0.25, 0.3) is 0 Å². The molecule has 190 valence electrons. The first-order valence-electron chi connectivity index (χ1n) is 11.6. The summed E-state index contributed by atoms with van der Waals surface area (Å²) in [4.78, 5) is 39.5. The molecule has 36 heavy (non-hydrogen) atoms. The van der Waals surface area contributed by atoms with Gasteiger partial charge in [0.15, 0.2) is 12.0 Å². The van der Waals surface area contributed by atoms with Crippen LogP contribution in [-0.4, -0.2) is 47.1 Å². The van der Waals surface area contributed by atoms with Gasteiger partial charge in [-0.1, -0.05) is 23.7 Å². The molecule has 0 saturated carbocycles. The summed E-state index contributed by atoms with van der Waals surface area (Å²) in [6.45, 7) is 1.79. The number of hydrogen-bond acceptors (Lipinski definition) is 5. The summed E-state index contributed by atoms with van der Waals surface area (Å²) in [6, 6.07) is 9.88. The Morgan fingerprint density at radius 1 is 1.19 bits per heavy atom. The summed E-state index contributed by atoms with van der Waals surface area (Å²) >= 11 is 5.79. The Kier molecular flexibility index (Phi) is 7.79. The zero-order valence-electron chi connectivity index (χ0n) is 20.1. The first-order valence-corrected chi connectivity index (χ1v) is 12.0. The van der Waals surface area contributed by atoms with Crippen LogP contribution < -0.4 is 10.1 Å². The lowest BCUT2D eigenvalue weighted by atomic mass is 10.1. The van der Waals surface area contributed by atoms with Crippen molar-refractivity contribution in [1.29, 1.82) is 0 Å². The molecule has 10 heteroatoms. The van der Waals surface area contributed by atoms with Crippen molar-refractivity contribution in [3.63, 3.8) is 0 Å². The number of methoxy groups -OCH3 is 1. The second-order valence-electron chi connectivity index (χ2n) is 8.62. The van der Waals surface area contributed by atoms with Gasteiger partial charge in [0, 0.05) is 47.7 Å². The van der Waals surface area contributed by atoms with Crippen LogP contribution in [0.25, 0.3) is 10.9 Å². The molecule has 2 aromatic carbocycles. The fourth-order valence-corrected chi connectivity index (χ4v) is 4.57. The molecule has 0 spiro atoms. The van der Waals surface area contributed by atoms with E-state index in [1.807, 2.05) is 0 Å². The molecule has 4 rings (SSSR count). The first kappa shape index (κ1) is 25.5. The summed E-state index contributed by atoms with van der Waals surface area (Å²) in [5, 5.41) is 3.19. The predicted octanol–water partition coefficient (Wildman–Crippen LogP) is 4.91. The van der Waals surface area contributed by atoms with Gasteiger partial charge in [-0.3, -0.25) is 9.59 Å². The molecule has 3 aromatic rings. The number of benzene rings is 2. The maximum atomic E-state index is 14.1. The number of rotatable bonds is 7. The molecule has 1 aliphatic heterocycles. The minimum Gasteiger partial charge on any atom is -0.497 e. The van der Waals surface area contributed by atoms with Crippen LogP contribution in [0.2, 0.25) is 5.02 Å². The van der Waals surface area contributed by atoms with Crippen molar-refractivity contribution >= 4 is 40.3 Å². The van der Waals surface area contributed by atoms with E-state index in [1.165, 1.54) is 24.0 Å². The molecule has 0 radical (unpaired) electrons. The van der Waals surface area contributed by atoms with E-state index >= 15 is 0 Å². The van der Waals surface area contributed by atoms with Crippen LogP contribution >= 0.6 is 11.6 Å². The number of fused-ring (bicyclic) bond motifs is 1. The van der Waals surface area contributed by atoms with E-state index < -0.39 is 18.1 Å².